The van der Waals surface area contributed by atoms with Crippen LogP contribution in [0.2, 0.25) is 0 Å². The minimum Gasteiger partial charge on any atom is -0.346 e. The Morgan fingerprint density at radius 1 is 1.04 bits per heavy atom. The van der Waals surface area contributed by atoms with Crippen LogP contribution in [0.4, 0.5) is 8.78 Å². The van der Waals surface area contributed by atoms with E-state index in [2.05, 4.69) is 15.0 Å². The van der Waals surface area contributed by atoms with Crippen molar-refractivity contribution in [3.63, 3.8) is 0 Å². The number of rotatable bonds is 1. The molecule has 0 saturated carbocycles. The van der Waals surface area contributed by atoms with Crippen LogP contribution in [0.1, 0.15) is 5.56 Å². The molecule has 0 spiro atoms. The lowest BCUT2D eigenvalue weighted by Gasteiger charge is -2.08. The van der Waals surface area contributed by atoms with E-state index in [1.165, 1.54) is 12.1 Å². The molecule has 2 N–H and O–H groups in total. The Kier molecular flexibility index (Phi) is 2.81. The molecule has 6 heteroatoms. The molecule has 0 aliphatic carbocycles. The van der Waals surface area contributed by atoms with E-state index in [-0.39, 0.29) is 16.8 Å². The molecule has 1 aromatic carbocycles. The van der Waals surface area contributed by atoms with E-state index in [0.717, 1.165) is 17.0 Å². The zero-order chi connectivity index (χ0) is 16.1. The number of aromatic nitrogens is 3. The Bertz CT molecular complexity index is 1110. The number of pyridine rings is 2. The normalized spacial score (nSPS) is 11.4. The number of aryl methyl sites for hydroxylation is 1. The molecule has 3 heterocycles. The first kappa shape index (κ1) is 13.6. The lowest BCUT2D eigenvalue weighted by Crippen LogP contribution is -2.07. The van der Waals surface area contributed by atoms with Crippen molar-refractivity contribution in [3.8, 4) is 11.3 Å². The number of hydrogen-bond acceptors (Lipinski definition) is 2. The van der Waals surface area contributed by atoms with Gasteiger partial charge in [-0.25, -0.2) is 13.8 Å². The van der Waals surface area contributed by atoms with E-state index in [4.69, 9.17) is 0 Å². The highest BCUT2D eigenvalue weighted by Crippen LogP contribution is 2.32. The molecular formula is C17H11F2N3O. The summed E-state index contributed by atoms with van der Waals surface area (Å²) in [4.78, 5) is 22.4. The predicted molar refractivity (Wildman–Crippen MR) is 84.3 cm³/mol. The van der Waals surface area contributed by atoms with Gasteiger partial charge in [0.15, 0.2) is 0 Å². The summed E-state index contributed by atoms with van der Waals surface area (Å²) in [6.45, 7) is 1.91. The summed E-state index contributed by atoms with van der Waals surface area (Å²) < 4.78 is 27.1. The fourth-order valence-electron chi connectivity index (χ4n) is 2.92. The van der Waals surface area contributed by atoms with Gasteiger partial charge in [-0.3, -0.25) is 4.79 Å². The summed E-state index contributed by atoms with van der Waals surface area (Å²) in [5, 5.41) is 1.83. The highest BCUT2D eigenvalue weighted by molar-refractivity contribution is 6.11. The SMILES string of the molecule is Cc1c[nH]c2nc(-c3cc(F)cc(F)c3)c3c(=O)[nH]ccc3c12. The van der Waals surface area contributed by atoms with Gasteiger partial charge in [-0.15, -0.1) is 0 Å². The van der Waals surface area contributed by atoms with Gasteiger partial charge in [0.25, 0.3) is 5.56 Å². The average molecular weight is 311 g/mol. The molecule has 0 saturated heterocycles. The third-order valence-corrected chi connectivity index (χ3v) is 3.88. The second kappa shape index (κ2) is 4.74. The van der Waals surface area contributed by atoms with Crippen molar-refractivity contribution < 1.29 is 8.78 Å². The van der Waals surface area contributed by atoms with E-state index in [1.54, 1.807) is 18.5 Å². The molecule has 0 fully saturated rings. The van der Waals surface area contributed by atoms with Crippen molar-refractivity contribution in [2.24, 2.45) is 0 Å². The van der Waals surface area contributed by atoms with Crippen LogP contribution < -0.4 is 5.56 Å². The average Bonchev–Trinajstić information content (AvgIpc) is 2.87. The van der Waals surface area contributed by atoms with Gasteiger partial charge in [0.05, 0.1) is 11.1 Å². The van der Waals surface area contributed by atoms with Crippen molar-refractivity contribution >= 4 is 21.8 Å². The Hall–Kier alpha value is -3.02. The van der Waals surface area contributed by atoms with Crippen molar-refractivity contribution in [1.29, 1.82) is 0 Å². The number of hydrogen-bond donors (Lipinski definition) is 2. The molecule has 4 nitrogen and oxygen atoms in total. The van der Waals surface area contributed by atoms with Crippen molar-refractivity contribution in [2.75, 3.05) is 0 Å². The zero-order valence-electron chi connectivity index (χ0n) is 12.1. The number of fused-ring (bicyclic) bond motifs is 3. The Morgan fingerprint density at radius 2 is 1.78 bits per heavy atom. The fraction of sp³-hybridized carbons (Fsp3) is 0.0588. The molecule has 4 rings (SSSR count). The lowest BCUT2D eigenvalue weighted by molar-refractivity contribution is 0.584. The summed E-state index contributed by atoms with van der Waals surface area (Å²) in [6, 6.07) is 4.88. The van der Waals surface area contributed by atoms with Crippen LogP contribution in [0, 0.1) is 18.6 Å². The number of aromatic amines is 2. The first-order valence-corrected chi connectivity index (χ1v) is 7.00. The summed E-state index contributed by atoms with van der Waals surface area (Å²) in [5.41, 5.74) is 1.63. The van der Waals surface area contributed by atoms with E-state index in [1.807, 2.05) is 6.92 Å². The summed E-state index contributed by atoms with van der Waals surface area (Å²) in [7, 11) is 0. The highest BCUT2D eigenvalue weighted by Gasteiger charge is 2.16. The van der Waals surface area contributed by atoms with Crippen LogP contribution in [0.3, 0.4) is 0 Å². The molecule has 0 unspecified atom stereocenters. The molecular weight excluding hydrogens is 300 g/mol. The van der Waals surface area contributed by atoms with Gasteiger partial charge >= 0.3 is 0 Å². The molecule has 114 valence electrons. The van der Waals surface area contributed by atoms with Gasteiger partial charge in [-0.2, -0.15) is 0 Å². The molecule has 23 heavy (non-hydrogen) atoms. The number of halogens is 2. The number of nitrogens with one attached hydrogen (secondary N) is 2. The summed E-state index contributed by atoms with van der Waals surface area (Å²) >= 11 is 0. The molecule has 0 aliphatic heterocycles. The number of nitrogens with zero attached hydrogens (tertiary/aromatic N) is 1. The van der Waals surface area contributed by atoms with Gasteiger partial charge in [0.1, 0.15) is 17.3 Å². The molecule has 0 aliphatic rings. The largest absolute Gasteiger partial charge is 0.346 e. The molecule has 0 bridgehead atoms. The first-order valence-electron chi connectivity index (χ1n) is 7.00. The van der Waals surface area contributed by atoms with E-state index in [0.29, 0.717) is 16.4 Å². The smallest absolute Gasteiger partial charge is 0.258 e. The Labute approximate surface area is 128 Å². The van der Waals surface area contributed by atoms with Crippen LogP contribution in [-0.2, 0) is 0 Å². The standard InChI is InChI=1S/C17H11F2N3O/c1-8-7-21-16-13(8)12-2-3-20-17(23)14(12)15(22-16)9-4-10(18)6-11(19)5-9/h2-7H,1H3,(H,20,23)(H,21,22). The van der Waals surface area contributed by atoms with Crippen LogP contribution >= 0.6 is 0 Å². The fourth-order valence-corrected chi connectivity index (χ4v) is 2.92. The van der Waals surface area contributed by atoms with Gasteiger partial charge in [0.2, 0.25) is 0 Å². The van der Waals surface area contributed by atoms with Crippen LogP contribution in [0.15, 0.2) is 41.5 Å². The minimum absolute atomic E-state index is 0.221. The first-order chi connectivity index (χ1) is 11.0. The summed E-state index contributed by atoms with van der Waals surface area (Å²) in [5.74, 6) is -1.44. The van der Waals surface area contributed by atoms with Crippen molar-refractivity contribution in [3.05, 3.63) is 64.2 Å². The maximum atomic E-state index is 13.6. The quantitative estimate of drug-likeness (QED) is 0.563. The van der Waals surface area contributed by atoms with Crippen LogP contribution in [-0.4, -0.2) is 15.0 Å². The third kappa shape index (κ3) is 2.03. The summed E-state index contributed by atoms with van der Waals surface area (Å²) in [6.07, 6.45) is 3.33. The van der Waals surface area contributed by atoms with Crippen molar-refractivity contribution in [1.82, 2.24) is 15.0 Å². The maximum Gasteiger partial charge on any atom is 0.258 e. The molecule has 0 radical (unpaired) electrons. The zero-order valence-corrected chi connectivity index (χ0v) is 12.1. The Balaban J connectivity index is 2.23. The molecule has 0 amide bonds. The van der Waals surface area contributed by atoms with Gasteiger partial charge in [0, 0.05) is 34.8 Å². The van der Waals surface area contributed by atoms with Crippen molar-refractivity contribution in [2.45, 2.75) is 6.92 Å². The van der Waals surface area contributed by atoms with E-state index < -0.39 is 11.6 Å². The second-order valence-electron chi connectivity index (χ2n) is 5.41. The predicted octanol–water partition coefficient (Wildman–Crippen LogP) is 3.66. The van der Waals surface area contributed by atoms with Gasteiger partial charge in [-0.05, 0) is 30.7 Å². The van der Waals surface area contributed by atoms with Gasteiger partial charge < -0.3 is 9.97 Å². The topological polar surface area (TPSA) is 61.5 Å². The monoisotopic (exact) mass is 311 g/mol. The minimum atomic E-state index is -0.718. The third-order valence-electron chi connectivity index (χ3n) is 3.88. The van der Waals surface area contributed by atoms with Crippen LogP contribution in [0.25, 0.3) is 33.1 Å². The van der Waals surface area contributed by atoms with E-state index in [9.17, 15) is 13.6 Å². The second-order valence-corrected chi connectivity index (χ2v) is 5.41. The number of H-pyrrole nitrogens is 2. The maximum absolute atomic E-state index is 13.6. The Morgan fingerprint density at radius 3 is 2.52 bits per heavy atom. The lowest BCUT2D eigenvalue weighted by atomic mass is 10.0. The van der Waals surface area contributed by atoms with Gasteiger partial charge in [-0.1, -0.05) is 0 Å². The number of benzene rings is 1. The van der Waals surface area contributed by atoms with E-state index >= 15 is 0 Å². The molecule has 4 aromatic rings. The molecule has 3 aromatic heterocycles. The highest BCUT2D eigenvalue weighted by atomic mass is 19.1. The van der Waals surface area contributed by atoms with Crippen LogP contribution in [0.5, 0.6) is 0 Å². The molecule has 0 atom stereocenters.